The quantitative estimate of drug-likeness (QED) is 0.0153. The van der Waals surface area contributed by atoms with Crippen LogP contribution < -0.4 is 34.7 Å². The first-order chi connectivity index (χ1) is 57.0. The van der Waals surface area contributed by atoms with Crippen LogP contribution in [-0.4, -0.2) is 99.2 Å². The van der Waals surface area contributed by atoms with E-state index >= 15 is 0 Å². The SMILES string of the molecule is CCC(Cc1ccc(OC)c(C(=O)NCc2ccc(Oc3ccc(F)cc3)cc2)c1)C(=O)O.Cc1ccc(Cn2nc(CCCc3ccc(OC(C)(C)C(=O)O)cc3)[nH]c2=O)cc1.Cc1oc(-c2cccs2)nc1CCOc1ccc(C[C@](C)(Oc2ccccc2)C(=O)O)cc1.O=C(O)C(Cl)(Cl)CCCCCCCCCCc1ccc(Cl)cc1. The number of carbonyl (C=O) groups excluding carboxylic acids is 1. The number of aryl methyl sites for hydroxylation is 5. The Hall–Kier alpha value is -11.2. The van der Waals surface area contributed by atoms with E-state index in [0.29, 0.717) is 97.0 Å². The van der Waals surface area contributed by atoms with Crippen molar-refractivity contribution in [3.05, 3.63) is 295 Å². The fraction of sp³-hybridized carbons (Fsp3) is 0.333. The van der Waals surface area contributed by atoms with E-state index in [1.54, 1.807) is 85.0 Å². The maximum Gasteiger partial charge on any atom is 0.348 e. The molecule has 0 radical (unpaired) electrons. The van der Waals surface area contributed by atoms with Crippen molar-refractivity contribution < 1.29 is 76.9 Å². The molecule has 21 nitrogen and oxygen atoms in total. The number of benzene rings is 8. The number of hydrogen-bond donors (Lipinski definition) is 6. The van der Waals surface area contributed by atoms with Crippen LogP contribution >= 0.6 is 46.1 Å². The Kier molecular flexibility index (Phi) is 36.7. The van der Waals surface area contributed by atoms with Crippen LogP contribution in [0, 0.1) is 25.6 Å². The summed E-state index contributed by atoms with van der Waals surface area (Å²) in [7, 11) is 1.48. The Bertz CT molecular complexity index is 5030. The Morgan fingerprint density at radius 2 is 1.17 bits per heavy atom. The molecule has 11 aromatic rings. The van der Waals surface area contributed by atoms with Crippen LogP contribution in [0.4, 0.5) is 4.39 Å². The zero-order valence-corrected chi connectivity index (χ0v) is 71.0. The number of hydrogen-bond acceptors (Lipinski definition) is 15. The van der Waals surface area contributed by atoms with Crippen LogP contribution in [0.5, 0.6) is 34.5 Å². The van der Waals surface area contributed by atoms with Crippen molar-refractivity contribution in [2.75, 3.05) is 13.7 Å². The van der Waals surface area contributed by atoms with E-state index in [4.69, 9.17) is 73.1 Å². The second-order valence-corrected chi connectivity index (χ2v) is 32.2. The number of para-hydroxylation sites is 1. The minimum atomic E-state index is -1.62. The number of aromatic amines is 1. The molecule has 26 heteroatoms. The molecule has 119 heavy (non-hydrogen) atoms. The molecule has 0 fully saturated rings. The maximum absolute atomic E-state index is 13.0. The van der Waals surface area contributed by atoms with Crippen molar-refractivity contribution in [1.29, 1.82) is 0 Å². The zero-order valence-electron chi connectivity index (χ0n) is 67.9. The number of halogens is 4. The van der Waals surface area contributed by atoms with Crippen molar-refractivity contribution in [1.82, 2.24) is 25.1 Å². The second kappa shape index (κ2) is 46.8. The number of alkyl halides is 2. The summed E-state index contributed by atoms with van der Waals surface area (Å²) in [4.78, 5) is 78.5. The van der Waals surface area contributed by atoms with Gasteiger partial charge < -0.3 is 53.8 Å². The lowest BCUT2D eigenvalue weighted by atomic mass is 9.95. The highest BCUT2D eigenvalue weighted by molar-refractivity contribution is 7.13. The number of ether oxygens (including phenoxy) is 5. The van der Waals surface area contributed by atoms with Crippen LogP contribution in [0.25, 0.3) is 10.8 Å². The largest absolute Gasteiger partial charge is 0.496 e. The normalized spacial score (nSPS) is 11.9. The Labute approximate surface area is 712 Å². The fourth-order valence-electron chi connectivity index (χ4n) is 12.3. The predicted molar refractivity (Wildman–Crippen MR) is 462 cm³/mol. The number of carboxylic acids is 4. The van der Waals surface area contributed by atoms with Gasteiger partial charge in [-0.15, -0.1) is 11.3 Å². The first-order valence-corrected chi connectivity index (χ1v) is 41.5. The number of rotatable bonds is 41. The lowest BCUT2D eigenvalue weighted by molar-refractivity contribution is -0.154. The molecule has 1 amide bonds. The molecule has 8 aromatic carbocycles. The summed E-state index contributed by atoms with van der Waals surface area (Å²) in [5.74, 6) is 0.204. The van der Waals surface area contributed by atoms with Crippen molar-refractivity contribution in [3.63, 3.8) is 0 Å². The third-order valence-electron chi connectivity index (χ3n) is 19.3. The highest BCUT2D eigenvalue weighted by atomic mass is 35.5. The Morgan fingerprint density at radius 1 is 0.605 bits per heavy atom. The highest BCUT2D eigenvalue weighted by Crippen LogP contribution is 2.32. The second-order valence-electron chi connectivity index (χ2n) is 29.3. The van der Waals surface area contributed by atoms with E-state index in [2.05, 4.69) is 32.5 Å². The van der Waals surface area contributed by atoms with Gasteiger partial charge >= 0.3 is 29.6 Å². The summed E-state index contributed by atoms with van der Waals surface area (Å²) < 4.78 is 46.8. The minimum Gasteiger partial charge on any atom is -0.496 e. The molecule has 0 saturated heterocycles. The molecule has 6 N–H and O–H groups in total. The number of carboxylic acid groups (broad SMARTS) is 4. The number of aliphatic carboxylic acids is 4. The summed E-state index contributed by atoms with van der Waals surface area (Å²) in [5.41, 5.74) is 5.52. The van der Waals surface area contributed by atoms with Crippen molar-refractivity contribution in [2.24, 2.45) is 5.92 Å². The van der Waals surface area contributed by atoms with E-state index in [0.717, 1.165) is 87.7 Å². The highest BCUT2D eigenvalue weighted by Gasteiger charge is 2.37. The first-order valence-electron chi connectivity index (χ1n) is 39.4. The van der Waals surface area contributed by atoms with Gasteiger partial charge in [0, 0.05) is 30.8 Å². The Morgan fingerprint density at radius 3 is 1.76 bits per heavy atom. The van der Waals surface area contributed by atoms with E-state index in [9.17, 15) is 43.4 Å². The zero-order chi connectivity index (χ0) is 85.9. The van der Waals surface area contributed by atoms with Gasteiger partial charge in [-0.05, 0) is 228 Å². The number of amides is 1. The fourth-order valence-corrected chi connectivity index (χ4v) is 13.3. The van der Waals surface area contributed by atoms with Crippen LogP contribution in [-0.2, 0) is 70.8 Å². The third kappa shape index (κ3) is 31.5. The van der Waals surface area contributed by atoms with E-state index in [-0.39, 0.29) is 30.4 Å². The molecule has 630 valence electrons. The number of aromatic nitrogens is 4. The summed E-state index contributed by atoms with van der Waals surface area (Å²) >= 11 is 18.8. The van der Waals surface area contributed by atoms with Gasteiger partial charge in [0.1, 0.15) is 51.9 Å². The Balaban J connectivity index is 0.000000199. The average molecular weight is 1700 g/mol. The molecule has 0 aliphatic heterocycles. The molecular formula is C93H103Cl3FN5O16S. The number of carbonyl (C=O) groups is 5. The van der Waals surface area contributed by atoms with Crippen LogP contribution in [0.2, 0.25) is 5.02 Å². The topological polar surface area (TPSA) is 301 Å². The molecule has 0 spiro atoms. The number of methoxy groups -OCH3 is 1. The van der Waals surface area contributed by atoms with Crippen molar-refractivity contribution >= 4 is 75.9 Å². The molecule has 0 saturated carbocycles. The molecule has 0 aliphatic rings. The smallest absolute Gasteiger partial charge is 0.348 e. The van der Waals surface area contributed by atoms with E-state index in [1.807, 2.05) is 141 Å². The predicted octanol–water partition coefficient (Wildman–Crippen LogP) is 21.0. The van der Waals surface area contributed by atoms with Gasteiger partial charge in [0.25, 0.3) is 5.91 Å². The van der Waals surface area contributed by atoms with Gasteiger partial charge in [-0.1, -0.05) is 189 Å². The van der Waals surface area contributed by atoms with Crippen molar-refractivity contribution in [3.8, 4) is 45.3 Å². The number of nitrogens with one attached hydrogen (secondary N) is 2. The van der Waals surface area contributed by atoms with Gasteiger partial charge in [-0.25, -0.2) is 33.2 Å². The van der Waals surface area contributed by atoms with Crippen LogP contribution in [0.3, 0.4) is 0 Å². The van der Waals surface area contributed by atoms with Gasteiger partial charge in [0.2, 0.25) is 15.8 Å². The number of thiophene rings is 1. The monoisotopic (exact) mass is 1700 g/mol. The lowest BCUT2D eigenvalue weighted by Gasteiger charge is -2.26. The van der Waals surface area contributed by atoms with E-state index in [1.165, 1.54) is 81.0 Å². The number of oxazole rings is 1. The molecule has 11 rings (SSSR count). The average Bonchev–Trinajstić information content (AvgIpc) is 1.67. The number of H-pyrrole nitrogens is 1. The number of unbranched alkanes of at least 4 members (excludes halogenated alkanes) is 7. The number of nitrogens with zero attached hydrogens (tertiary/aromatic N) is 3. The summed E-state index contributed by atoms with van der Waals surface area (Å²) in [6.45, 7) is 11.6. The van der Waals surface area contributed by atoms with Crippen molar-refractivity contribution in [2.45, 2.75) is 179 Å². The van der Waals surface area contributed by atoms with Crippen LogP contribution in [0.1, 0.15) is 165 Å². The molecule has 1 unspecified atom stereocenters. The molecule has 3 heterocycles. The summed E-state index contributed by atoms with van der Waals surface area (Å²) in [6, 6.07) is 61.9. The molecule has 0 bridgehead atoms. The van der Waals surface area contributed by atoms with Crippen LogP contribution in [0.15, 0.2) is 221 Å². The molecule has 2 atom stereocenters. The molecule has 3 aromatic heterocycles. The summed E-state index contributed by atoms with van der Waals surface area (Å²) in [6.07, 6.45) is 14.4. The third-order valence-corrected chi connectivity index (χ3v) is 21.1. The molecular weight excluding hydrogens is 1600 g/mol. The standard InChI is InChI=1S/C26H26FNO5.C26H25NO5S.C23H27N3O4.C18H25Cl3O2/c1-3-19(26(30)31)14-18-6-13-24(32-2)23(15-18)25(29)28-16-17-4-9-21(10-5-17)33-22-11-7-20(27)8-12-22;1-18-22(27-24(31-18)23-9-6-16-33-23)14-15-30-20-12-10-19(11-13-20)17-26(2,25(28)29)32-21-7-4-3-5-8-21;1-16-7-9-18(10-8-16)15-26-22(29)24-20(25-26)6-4-5-17-11-13-19(14-12-17)30-23(2,3)21(27)28;19-16-12-10-15(11-13-16)9-7-5-3-1-2-4-6-8-14-18(20,21)17(22)23/h4-13,15,19H,3,14,16H2,1-2H3,(H,28,29)(H,30,31);3-13,16H,14-15,17H2,1-2H3,(H,28,29);7-14H,4-6,15H2,1-3H3,(H,27,28)(H,24,25,29);10-13H,1-9,14H2,(H,22,23)/t;26-;;/m.0../s1. The van der Waals surface area contributed by atoms with Gasteiger partial charge in [-0.3, -0.25) is 14.6 Å². The maximum atomic E-state index is 13.0. The van der Waals surface area contributed by atoms with E-state index < -0.39 is 45.3 Å². The van der Waals surface area contributed by atoms with Gasteiger partial charge in [0.15, 0.2) is 5.60 Å². The van der Waals surface area contributed by atoms with Gasteiger partial charge in [-0.2, -0.15) is 5.10 Å². The summed E-state index contributed by atoms with van der Waals surface area (Å²) in [5, 5.41) is 47.0. The minimum absolute atomic E-state index is 0.201. The first kappa shape index (κ1) is 93.3. The molecule has 0 aliphatic carbocycles. The lowest BCUT2D eigenvalue weighted by Crippen LogP contribution is -2.43. The van der Waals surface area contributed by atoms with Gasteiger partial charge in [0.05, 0.1) is 42.3 Å².